The Morgan fingerprint density at radius 2 is 2.29 bits per heavy atom. The van der Waals surface area contributed by atoms with Gasteiger partial charge in [0.15, 0.2) is 0 Å². The molecule has 1 saturated heterocycles. The van der Waals surface area contributed by atoms with E-state index in [2.05, 4.69) is 29.4 Å². The molecule has 116 valence electrons. The monoisotopic (exact) mass is 292 g/mol. The highest BCUT2D eigenvalue weighted by Crippen LogP contribution is 2.21. The molecular weight excluding hydrogens is 268 g/mol. The summed E-state index contributed by atoms with van der Waals surface area (Å²) in [5, 5.41) is 9.72. The number of carbonyl (C=O) groups excluding carboxylic acids is 1. The van der Waals surface area contributed by atoms with E-state index in [0.29, 0.717) is 17.7 Å². The number of hydrogen-bond acceptors (Lipinski definition) is 4. The summed E-state index contributed by atoms with van der Waals surface area (Å²) in [6.07, 6.45) is 3.13. The number of likely N-dealkylation sites (tertiary alicyclic amines) is 1. The fourth-order valence-electron chi connectivity index (χ4n) is 2.85. The molecule has 2 atom stereocenters. The van der Waals surface area contributed by atoms with Crippen LogP contribution in [0.5, 0.6) is 0 Å². The molecule has 1 fully saturated rings. The summed E-state index contributed by atoms with van der Waals surface area (Å²) in [7, 11) is 0. The SMILES string of the molecule is CCCNC1CCN(C(=O)c2ccc(=O)[nH]n2)CC1CC. The van der Waals surface area contributed by atoms with Gasteiger partial charge in [-0.15, -0.1) is 0 Å². The van der Waals surface area contributed by atoms with Crippen molar-refractivity contribution < 1.29 is 4.79 Å². The van der Waals surface area contributed by atoms with Gasteiger partial charge in [0.25, 0.3) is 11.5 Å². The summed E-state index contributed by atoms with van der Waals surface area (Å²) < 4.78 is 0. The molecule has 2 N–H and O–H groups in total. The van der Waals surface area contributed by atoms with E-state index in [-0.39, 0.29) is 11.5 Å². The zero-order valence-electron chi connectivity index (χ0n) is 12.8. The van der Waals surface area contributed by atoms with Crippen LogP contribution in [0.4, 0.5) is 0 Å². The Hall–Kier alpha value is -1.69. The molecule has 6 nitrogen and oxygen atoms in total. The van der Waals surface area contributed by atoms with Gasteiger partial charge in [-0.25, -0.2) is 5.10 Å². The Labute approximate surface area is 124 Å². The maximum absolute atomic E-state index is 12.4. The lowest BCUT2D eigenvalue weighted by Crippen LogP contribution is -2.51. The summed E-state index contributed by atoms with van der Waals surface area (Å²) in [5.41, 5.74) is 0.0184. The van der Waals surface area contributed by atoms with Gasteiger partial charge in [-0.1, -0.05) is 20.3 Å². The average molecular weight is 292 g/mol. The van der Waals surface area contributed by atoms with Gasteiger partial charge < -0.3 is 10.2 Å². The van der Waals surface area contributed by atoms with E-state index < -0.39 is 0 Å². The van der Waals surface area contributed by atoms with Crippen LogP contribution < -0.4 is 10.9 Å². The van der Waals surface area contributed by atoms with Gasteiger partial charge >= 0.3 is 0 Å². The number of piperidine rings is 1. The third-order valence-electron chi connectivity index (χ3n) is 4.10. The van der Waals surface area contributed by atoms with E-state index >= 15 is 0 Å². The molecular formula is C15H24N4O2. The molecule has 2 unspecified atom stereocenters. The zero-order chi connectivity index (χ0) is 15.2. The predicted octanol–water partition coefficient (Wildman–Crippen LogP) is 1.01. The molecule has 0 spiro atoms. The second-order valence-electron chi connectivity index (χ2n) is 5.58. The highest BCUT2D eigenvalue weighted by molar-refractivity contribution is 5.92. The van der Waals surface area contributed by atoms with E-state index in [1.807, 2.05) is 4.90 Å². The smallest absolute Gasteiger partial charge is 0.274 e. The molecule has 0 radical (unpaired) electrons. The molecule has 21 heavy (non-hydrogen) atoms. The standard InChI is InChI=1S/C15H24N4O2/c1-3-8-16-12-7-9-19(10-11(12)4-2)15(21)13-5-6-14(20)18-17-13/h5-6,11-12,16H,3-4,7-10H2,1-2H3,(H,18,20). The molecule has 1 aromatic rings. The van der Waals surface area contributed by atoms with E-state index in [0.717, 1.165) is 38.9 Å². The Bertz CT molecular complexity index is 508. The van der Waals surface area contributed by atoms with Gasteiger partial charge in [0, 0.05) is 25.2 Å². The zero-order valence-corrected chi connectivity index (χ0v) is 12.8. The van der Waals surface area contributed by atoms with Gasteiger partial charge in [0.1, 0.15) is 5.69 Å². The number of nitrogens with zero attached hydrogens (tertiary/aromatic N) is 2. The van der Waals surface area contributed by atoms with Gasteiger partial charge in [-0.2, -0.15) is 5.10 Å². The first-order chi connectivity index (χ1) is 10.2. The topological polar surface area (TPSA) is 78.1 Å². The Morgan fingerprint density at radius 1 is 1.48 bits per heavy atom. The van der Waals surface area contributed by atoms with Crippen molar-refractivity contribution in [3.63, 3.8) is 0 Å². The molecule has 0 aliphatic carbocycles. The normalized spacial score (nSPS) is 22.3. The van der Waals surface area contributed by atoms with E-state index in [1.165, 1.54) is 12.1 Å². The average Bonchev–Trinajstić information content (AvgIpc) is 2.52. The summed E-state index contributed by atoms with van der Waals surface area (Å²) >= 11 is 0. The maximum atomic E-state index is 12.4. The first-order valence-corrected chi connectivity index (χ1v) is 7.74. The summed E-state index contributed by atoms with van der Waals surface area (Å²) in [4.78, 5) is 25.3. The lowest BCUT2D eigenvalue weighted by molar-refractivity contribution is 0.0619. The molecule has 1 aliphatic rings. The number of amides is 1. The van der Waals surface area contributed by atoms with Gasteiger partial charge in [0.2, 0.25) is 0 Å². The highest BCUT2D eigenvalue weighted by atomic mass is 16.2. The summed E-state index contributed by atoms with van der Waals surface area (Å²) in [6.45, 7) is 6.83. The van der Waals surface area contributed by atoms with Crippen LogP contribution in [0.1, 0.15) is 43.6 Å². The fraction of sp³-hybridized carbons (Fsp3) is 0.667. The molecule has 2 heterocycles. The van der Waals surface area contributed by atoms with Crippen molar-refractivity contribution in [2.24, 2.45) is 5.92 Å². The van der Waals surface area contributed by atoms with Gasteiger partial charge in [-0.05, 0) is 31.4 Å². The van der Waals surface area contributed by atoms with Crippen molar-refractivity contribution in [2.75, 3.05) is 19.6 Å². The molecule has 0 aromatic carbocycles. The first kappa shape index (κ1) is 15.7. The van der Waals surface area contributed by atoms with Crippen LogP contribution in [-0.2, 0) is 0 Å². The van der Waals surface area contributed by atoms with Crippen molar-refractivity contribution in [3.05, 3.63) is 28.2 Å². The van der Waals surface area contributed by atoms with Crippen LogP contribution in [0, 0.1) is 5.92 Å². The van der Waals surface area contributed by atoms with Crippen LogP contribution in [0.2, 0.25) is 0 Å². The third kappa shape index (κ3) is 3.91. The van der Waals surface area contributed by atoms with Crippen molar-refractivity contribution in [2.45, 2.75) is 39.2 Å². The summed E-state index contributed by atoms with van der Waals surface area (Å²) in [5.74, 6) is 0.371. The van der Waals surface area contributed by atoms with E-state index in [4.69, 9.17) is 0 Å². The van der Waals surface area contributed by atoms with Crippen LogP contribution in [0.15, 0.2) is 16.9 Å². The summed E-state index contributed by atoms with van der Waals surface area (Å²) in [6, 6.07) is 3.32. The molecule has 0 saturated carbocycles. The number of H-pyrrole nitrogens is 1. The second-order valence-corrected chi connectivity index (χ2v) is 5.58. The Morgan fingerprint density at radius 3 is 2.90 bits per heavy atom. The maximum Gasteiger partial charge on any atom is 0.274 e. The number of nitrogens with one attached hydrogen (secondary N) is 2. The number of aromatic amines is 1. The largest absolute Gasteiger partial charge is 0.337 e. The minimum atomic E-state index is -0.291. The molecule has 2 rings (SSSR count). The van der Waals surface area contributed by atoms with Crippen molar-refractivity contribution >= 4 is 5.91 Å². The number of hydrogen-bond donors (Lipinski definition) is 2. The molecule has 0 bridgehead atoms. The number of carbonyl (C=O) groups is 1. The third-order valence-corrected chi connectivity index (χ3v) is 4.10. The number of aromatic nitrogens is 2. The first-order valence-electron chi connectivity index (χ1n) is 7.74. The number of rotatable bonds is 5. The quantitative estimate of drug-likeness (QED) is 0.849. The molecule has 1 aliphatic heterocycles. The van der Waals surface area contributed by atoms with Crippen molar-refractivity contribution in [1.82, 2.24) is 20.4 Å². The minimum absolute atomic E-state index is 0.0985. The van der Waals surface area contributed by atoms with E-state index in [1.54, 1.807) is 0 Å². The molecule has 1 aromatic heterocycles. The van der Waals surface area contributed by atoms with Crippen LogP contribution in [0.3, 0.4) is 0 Å². The van der Waals surface area contributed by atoms with E-state index in [9.17, 15) is 9.59 Å². The van der Waals surface area contributed by atoms with Crippen molar-refractivity contribution in [3.8, 4) is 0 Å². The van der Waals surface area contributed by atoms with Crippen LogP contribution in [0.25, 0.3) is 0 Å². The van der Waals surface area contributed by atoms with Crippen LogP contribution >= 0.6 is 0 Å². The fourth-order valence-corrected chi connectivity index (χ4v) is 2.85. The Kier molecular flexibility index (Phi) is 5.50. The Balaban J connectivity index is 2.00. The second kappa shape index (κ2) is 7.36. The highest BCUT2D eigenvalue weighted by Gasteiger charge is 2.30. The van der Waals surface area contributed by atoms with Crippen molar-refractivity contribution in [1.29, 1.82) is 0 Å². The lowest BCUT2D eigenvalue weighted by atomic mass is 9.89. The molecule has 1 amide bonds. The predicted molar refractivity (Wildman–Crippen MR) is 81.2 cm³/mol. The molecule has 6 heteroatoms. The van der Waals surface area contributed by atoms with Gasteiger partial charge in [-0.3, -0.25) is 9.59 Å². The lowest BCUT2D eigenvalue weighted by Gasteiger charge is -2.38. The van der Waals surface area contributed by atoms with Gasteiger partial charge in [0.05, 0.1) is 0 Å². The van der Waals surface area contributed by atoms with Crippen LogP contribution in [-0.4, -0.2) is 46.7 Å². The minimum Gasteiger partial charge on any atom is -0.337 e.